The predicted octanol–water partition coefficient (Wildman–Crippen LogP) is 3.02. The molecule has 0 bridgehead atoms. The van der Waals surface area contributed by atoms with Gasteiger partial charge in [0, 0.05) is 6.21 Å². The third kappa shape index (κ3) is 4.93. The molecule has 0 spiro atoms. The minimum Gasteiger partial charge on any atom is -0.283 e. The van der Waals surface area contributed by atoms with Crippen molar-refractivity contribution in [3.8, 4) is 0 Å². The first-order valence-electron chi connectivity index (χ1n) is 5.57. The number of nitrogens with zero attached hydrogens (tertiary/aromatic N) is 1. The van der Waals surface area contributed by atoms with Crippen molar-refractivity contribution in [2.45, 2.75) is 18.9 Å². The Kier molecular flexibility index (Phi) is 5.60. The number of rotatable bonds is 7. The van der Waals surface area contributed by atoms with Gasteiger partial charge >= 0.3 is 0 Å². The Balaban J connectivity index is 2.71. The summed E-state index contributed by atoms with van der Waals surface area (Å²) in [5.74, 6) is 0. The highest BCUT2D eigenvalue weighted by Gasteiger charge is 2.21. The zero-order valence-electron chi connectivity index (χ0n) is 10.4. The van der Waals surface area contributed by atoms with Crippen molar-refractivity contribution < 1.29 is 9.78 Å². The molecule has 0 aliphatic heterocycles. The summed E-state index contributed by atoms with van der Waals surface area (Å²) in [4.78, 5) is 14.2. The van der Waals surface area contributed by atoms with Gasteiger partial charge in [-0.05, 0) is 18.9 Å². The average molecular weight is 233 g/mol. The monoisotopic (exact) mass is 233 g/mol. The van der Waals surface area contributed by atoms with Gasteiger partial charge in [0.05, 0.1) is 12.6 Å². The van der Waals surface area contributed by atoms with E-state index in [0.717, 1.165) is 12.0 Å². The Hall–Kier alpha value is -1.45. The predicted molar refractivity (Wildman–Crippen MR) is 70.2 cm³/mol. The van der Waals surface area contributed by atoms with E-state index in [1.54, 1.807) is 0 Å². The molecular formula is C14H19NO2. The van der Waals surface area contributed by atoms with Crippen molar-refractivity contribution >= 4 is 6.21 Å². The first-order valence-corrected chi connectivity index (χ1v) is 5.57. The molecule has 0 aliphatic carbocycles. The third-order valence-corrected chi connectivity index (χ3v) is 2.40. The number of benzene rings is 1. The van der Waals surface area contributed by atoms with E-state index in [9.17, 15) is 0 Å². The minimum atomic E-state index is -0.340. The molecule has 0 saturated heterocycles. The minimum absolute atomic E-state index is 0.340. The van der Waals surface area contributed by atoms with Crippen molar-refractivity contribution in [1.82, 2.24) is 0 Å². The van der Waals surface area contributed by atoms with Crippen LogP contribution in [0.1, 0.15) is 18.9 Å². The Labute approximate surface area is 103 Å². The lowest BCUT2D eigenvalue weighted by atomic mass is 10.00. The second kappa shape index (κ2) is 6.99. The summed E-state index contributed by atoms with van der Waals surface area (Å²) in [6, 6.07) is 9.97. The fourth-order valence-electron chi connectivity index (χ4n) is 1.42. The Morgan fingerprint density at radius 3 is 2.65 bits per heavy atom. The molecule has 17 heavy (non-hydrogen) atoms. The van der Waals surface area contributed by atoms with Crippen LogP contribution >= 0.6 is 0 Å². The van der Waals surface area contributed by atoms with Crippen LogP contribution in [-0.2, 0) is 9.78 Å². The van der Waals surface area contributed by atoms with E-state index in [1.165, 1.54) is 7.11 Å². The molecule has 0 fully saturated rings. The van der Waals surface area contributed by atoms with Gasteiger partial charge in [0.1, 0.15) is 6.61 Å². The molecule has 3 nitrogen and oxygen atoms in total. The number of aliphatic imine (C=N–C) groups is 1. The van der Waals surface area contributed by atoms with Gasteiger partial charge in [-0.15, -0.1) is 6.58 Å². The smallest absolute Gasteiger partial charge is 0.107 e. The van der Waals surface area contributed by atoms with Gasteiger partial charge in [-0.1, -0.05) is 36.4 Å². The fraction of sp³-hybridized carbons (Fsp3) is 0.357. The highest BCUT2D eigenvalue weighted by Crippen LogP contribution is 2.16. The van der Waals surface area contributed by atoms with Gasteiger partial charge in [0.15, 0.2) is 0 Å². The zero-order valence-corrected chi connectivity index (χ0v) is 10.4. The summed E-state index contributed by atoms with van der Waals surface area (Å²) in [7, 11) is 1.50. The van der Waals surface area contributed by atoms with E-state index in [1.807, 2.05) is 49.5 Å². The SMILES string of the molecule is C=CCC(C)(COOC)N=Cc1ccccc1. The van der Waals surface area contributed by atoms with Gasteiger partial charge in [-0.3, -0.25) is 4.99 Å². The van der Waals surface area contributed by atoms with Gasteiger partial charge < -0.3 is 0 Å². The van der Waals surface area contributed by atoms with Crippen LogP contribution in [0.25, 0.3) is 0 Å². The van der Waals surface area contributed by atoms with E-state index < -0.39 is 0 Å². The molecule has 1 atom stereocenters. The highest BCUT2D eigenvalue weighted by molar-refractivity contribution is 5.79. The summed E-state index contributed by atoms with van der Waals surface area (Å²) in [6.45, 7) is 6.15. The standard InChI is InChI=1S/C14H19NO2/c1-4-10-14(2,12-17-16-3)15-11-13-8-6-5-7-9-13/h4-9,11H,1,10,12H2,2-3H3. The molecule has 0 aliphatic rings. The molecule has 1 aromatic carbocycles. The van der Waals surface area contributed by atoms with Gasteiger partial charge in [-0.2, -0.15) is 0 Å². The average Bonchev–Trinajstić information content (AvgIpc) is 2.36. The molecule has 0 heterocycles. The lowest BCUT2D eigenvalue weighted by molar-refractivity contribution is -0.280. The van der Waals surface area contributed by atoms with E-state index in [2.05, 4.69) is 16.5 Å². The van der Waals surface area contributed by atoms with Crippen LogP contribution in [0, 0.1) is 0 Å². The second-order valence-electron chi connectivity index (χ2n) is 4.09. The number of hydrogen-bond donors (Lipinski definition) is 0. The van der Waals surface area contributed by atoms with Crippen LogP contribution < -0.4 is 0 Å². The molecule has 0 saturated carbocycles. The molecule has 0 amide bonds. The maximum atomic E-state index is 4.98. The van der Waals surface area contributed by atoms with E-state index >= 15 is 0 Å². The molecule has 0 radical (unpaired) electrons. The normalized spacial score (nSPS) is 14.7. The third-order valence-electron chi connectivity index (χ3n) is 2.40. The van der Waals surface area contributed by atoms with Crippen LogP contribution in [-0.4, -0.2) is 25.5 Å². The highest BCUT2D eigenvalue weighted by atomic mass is 17.2. The van der Waals surface area contributed by atoms with Gasteiger partial charge in [0.2, 0.25) is 0 Å². The molecule has 1 aromatic rings. The van der Waals surface area contributed by atoms with Crippen LogP contribution in [0.15, 0.2) is 48.0 Å². The van der Waals surface area contributed by atoms with Crippen LogP contribution in [0.3, 0.4) is 0 Å². The van der Waals surface area contributed by atoms with E-state index in [0.29, 0.717) is 6.61 Å². The Bertz CT molecular complexity index is 362. The molecule has 92 valence electrons. The van der Waals surface area contributed by atoms with E-state index in [-0.39, 0.29) is 5.54 Å². The van der Waals surface area contributed by atoms with Crippen molar-refractivity contribution in [2.24, 2.45) is 4.99 Å². The molecular weight excluding hydrogens is 214 g/mol. The maximum absolute atomic E-state index is 4.98. The molecule has 1 unspecified atom stereocenters. The summed E-state index contributed by atoms with van der Waals surface area (Å²) in [5.41, 5.74) is 0.730. The Morgan fingerprint density at radius 1 is 1.35 bits per heavy atom. The largest absolute Gasteiger partial charge is 0.283 e. The number of hydrogen-bond acceptors (Lipinski definition) is 3. The van der Waals surface area contributed by atoms with E-state index in [4.69, 9.17) is 4.89 Å². The van der Waals surface area contributed by atoms with Crippen LogP contribution in [0.5, 0.6) is 0 Å². The molecule has 3 heteroatoms. The quantitative estimate of drug-likeness (QED) is 0.314. The molecule has 0 N–H and O–H groups in total. The van der Waals surface area contributed by atoms with Crippen molar-refractivity contribution in [3.63, 3.8) is 0 Å². The summed E-state index contributed by atoms with van der Waals surface area (Å²) in [6.07, 6.45) is 4.42. The maximum Gasteiger partial charge on any atom is 0.107 e. The fourth-order valence-corrected chi connectivity index (χ4v) is 1.42. The lowest BCUT2D eigenvalue weighted by Gasteiger charge is -2.22. The van der Waals surface area contributed by atoms with Crippen molar-refractivity contribution in [3.05, 3.63) is 48.6 Å². The molecule has 0 aromatic heterocycles. The van der Waals surface area contributed by atoms with Gasteiger partial charge in [-0.25, -0.2) is 9.78 Å². The second-order valence-corrected chi connectivity index (χ2v) is 4.09. The van der Waals surface area contributed by atoms with Crippen molar-refractivity contribution in [2.75, 3.05) is 13.7 Å². The zero-order chi connectivity index (χ0) is 12.6. The Morgan fingerprint density at radius 2 is 2.06 bits per heavy atom. The topological polar surface area (TPSA) is 30.8 Å². The van der Waals surface area contributed by atoms with Gasteiger partial charge in [0.25, 0.3) is 0 Å². The summed E-state index contributed by atoms with van der Waals surface area (Å²) < 4.78 is 0. The van der Waals surface area contributed by atoms with Crippen LogP contribution in [0.4, 0.5) is 0 Å². The first kappa shape index (κ1) is 13.6. The first-order chi connectivity index (χ1) is 8.20. The van der Waals surface area contributed by atoms with Crippen molar-refractivity contribution in [1.29, 1.82) is 0 Å². The van der Waals surface area contributed by atoms with Crippen LogP contribution in [0.2, 0.25) is 0 Å². The summed E-state index contributed by atoms with van der Waals surface area (Å²) in [5, 5.41) is 0. The summed E-state index contributed by atoms with van der Waals surface area (Å²) >= 11 is 0. The molecule has 1 rings (SSSR count). The lowest BCUT2D eigenvalue weighted by Crippen LogP contribution is -2.28.